The molecule has 0 aromatic rings. The Hall–Kier alpha value is -0.530. The van der Waals surface area contributed by atoms with Crippen LogP contribution in [0, 0.1) is 11.8 Å². The average Bonchev–Trinajstić information content (AvgIpc) is 2.45. The van der Waals surface area contributed by atoms with Crippen LogP contribution in [0.3, 0.4) is 0 Å². The third-order valence-corrected chi connectivity index (χ3v) is 1.67. The van der Waals surface area contributed by atoms with Gasteiger partial charge < -0.3 is 5.21 Å². The second-order valence-electron chi connectivity index (χ2n) is 2.46. The summed E-state index contributed by atoms with van der Waals surface area (Å²) in [6.07, 6.45) is 4.23. The molecule has 0 aliphatic heterocycles. The van der Waals surface area contributed by atoms with Gasteiger partial charge in [-0.2, -0.15) is 0 Å². The summed E-state index contributed by atoms with van der Waals surface area (Å²) < 4.78 is 0. The molecule has 0 radical (unpaired) electrons. The first kappa shape index (κ1) is 5.60. The van der Waals surface area contributed by atoms with Crippen molar-refractivity contribution in [1.29, 1.82) is 0 Å². The molecule has 0 saturated heterocycles. The van der Waals surface area contributed by atoms with Gasteiger partial charge in [0, 0.05) is 6.21 Å². The van der Waals surface area contributed by atoms with Crippen LogP contribution in [0.15, 0.2) is 5.16 Å². The largest absolute Gasteiger partial charge is 0.411 e. The first-order valence-corrected chi connectivity index (χ1v) is 3.02. The molecule has 2 nitrogen and oxygen atoms in total. The van der Waals surface area contributed by atoms with E-state index < -0.39 is 0 Å². The smallest absolute Gasteiger partial charge is 0.0466 e. The van der Waals surface area contributed by atoms with E-state index in [-0.39, 0.29) is 0 Å². The fourth-order valence-corrected chi connectivity index (χ4v) is 0.849. The Morgan fingerprint density at radius 1 is 1.75 bits per heavy atom. The summed E-state index contributed by atoms with van der Waals surface area (Å²) in [5.41, 5.74) is 0. The standard InChI is InChI=1S/C6H11NO/c1-5(4-7-8)6-2-3-6/h4-6,8H,2-3H2,1H3. The van der Waals surface area contributed by atoms with Crippen LogP contribution in [0.25, 0.3) is 0 Å². The third-order valence-electron chi connectivity index (χ3n) is 1.67. The Labute approximate surface area is 49.2 Å². The van der Waals surface area contributed by atoms with Gasteiger partial charge in [-0.05, 0) is 24.7 Å². The van der Waals surface area contributed by atoms with Crippen molar-refractivity contribution < 1.29 is 5.21 Å². The summed E-state index contributed by atoms with van der Waals surface area (Å²) in [5, 5.41) is 11.1. The summed E-state index contributed by atoms with van der Waals surface area (Å²) >= 11 is 0. The zero-order valence-corrected chi connectivity index (χ0v) is 5.04. The maximum Gasteiger partial charge on any atom is 0.0466 e. The van der Waals surface area contributed by atoms with E-state index in [0.717, 1.165) is 5.92 Å². The molecule has 46 valence electrons. The van der Waals surface area contributed by atoms with Gasteiger partial charge in [0.15, 0.2) is 0 Å². The molecule has 1 saturated carbocycles. The molecule has 1 rings (SSSR count). The van der Waals surface area contributed by atoms with Crippen molar-refractivity contribution in [3.63, 3.8) is 0 Å². The van der Waals surface area contributed by atoms with Crippen molar-refractivity contribution >= 4 is 6.21 Å². The highest BCUT2D eigenvalue weighted by molar-refractivity contribution is 5.60. The molecule has 2 heteroatoms. The van der Waals surface area contributed by atoms with Gasteiger partial charge in [0.05, 0.1) is 0 Å². The Morgan fingerprint density at radius 3 is 2.75 bits per heavy atom. The lowest BCUT2D eigenvalue weighted by atomic mass is 10.1. The van der Waals surface area contributed by atoms with Crippen molar-refractivity contribution in [2.45, 2.75) is 19.8 Å². The highest BCUT2D eigenvalue weighted by Gasteiger charge is 2.26. The van der Waals surface area contributed by atoms with E-state index in [9.17, 15) is 0 Å². The molecule has 1 aliphatic carbocycles. The van der Waals surface area contributed by atoms with Crippen LogP contribution in [-0.2, 0) is 0 Å². The van der Waals surface area contributed by atoms with Gasteiger partial charge in [0.25, 0.3) is 0 Å². The molecule has 1 fully saturated rings. The monoisotopic (exact) mass is 113 g/mol. The molecule has 0 aromatic carbocycles. The van der Waals surface area contributed by atoms with E-state index in [0.29, 0.717) is 5.92 Å². The molecule has 1 unspecified atom stereocenters. The van der Waals surface area contributed by atoms with Crippen molar-refractivity contribution in [2.24, 2.45) is 17.0 Å². The second kappa shape index (κ2) is 2.16. The van der Waals surface area contributed by atoms with E-state index >= 15 is 0 Å². The zero-order chi connectivity index (χ0) is 5.98. The van der Waals surface area contributed by atoms with Crippen LogP contribution >= 0.6 is 0 Å². The summed E-state index contributed by atoms with van der Waals surface area (Å²) in [5.74, 6) is 1.30. The topological polar surface area (TPSA) is 32.6 Å². The predicted octanol–water partition coefficient (Wildman–Crippen LogP) is 1.49. The molecule has 8 heavy (non-hydrogen) atoms. The van der Waals surface area contributed by atoms with Crippen LogP contribution in [-0.4, -0.2) is 11.4 Å². The highest BCUT2D eigenvalue weighted by atomic mass is 16.4. The van der Waals surface area contributed by atoms with Crippen LogP contribution in [0.2, 0.25) is 0 Å². The van der Waals surface area contributed by atoms with E-state index in [1.807, 2.05) is 0 Å². The summed E-state index contributed by atoms with van der Waals surface area (Å²) in [6.45, 7) is 2.08. The molecule has 0 spiro atoms. The minimum atomic E-state index is 0.486. The predicted molar refractivity (Wildman–Crippen MR) is 32.2 cm³/mol. The second-order valence-corrected chi connectivity index (χ2v) is 2.46. The average molecular weight is 113 g/mol. The molecule has 1 atom stereocenters. The van der Waals surface area contributed by atoms with E-state index in [2.05, 4.69) is 12.1 Å². The van der Waals surface area contributed by atoms with Gasteiger partial charge in [-0.25, -0.2) is 0 Å². The molecular formula is C6H11NO. The van der Waals surface area contributed by atoms with Gasteiger partial charge in [-0.3, -0.25) is 0 Å². The third kappa shape index (κ3) is 1.22. The Morgan fingerprint density at radius 2 is 2.38 bits per heavy atom. The highest BCUT2D eigenvalue weighted by Crippen LogP contribution is 2.35. The minimum absolute atomic E-state index is 0.486. The lowest BCUT2D eigenvalue weighted by Crippen LogP contribution is -1.96. The molecule has 1 aliphatic rings. The van der Waals surface area contributed by atoms with Gasteiger partial charge in [-0.15, -0.1) is 5.16 Å². The summed E-state index contributed by atoms with van der Waals surface area (Å²) in [7, 11) is 0. The number of hydrogen-bond acceptors (Lipinski definition) is 2. The Kier molecular flexibility index (Phi) is 1.51. The molecular weight excluding hydrogens is 102 g/mol. The van der Waals surface area contributed by atoms with Crippen molar-refractivity contribution in [3.05, 3.63) is 0 Å². The molecule has 0 bridgehead atoms. The van der Waals surface area contributed by atoms with Crippen LogP contribution in [0.5, 0.6) is 0 Å². The maximum atomic E-state index is 8.08. The van der Waals surface area contributed by atoms with Gasteiger partial charge in [0.1, 0.15) is 0 Å². The molecule has 1 N–H and O–H groups in total. The Balaban J connectivity index is 2.22. The minimum Gasteiger partial charge on any atom is -0.411 e. The number of hydrogen-bond donors (Lipinski definition) is 1. The molecule has 0 heterocycles. The lowest BCUT2D eigenvalue weighted by molar-refractivity contribution is 0.318. The zero-order valence-electron chi connectivity index (χ0n) is 5.04. The first-order chi connectivity index (χ1) is 3.84. The van der Waals surface area contributed by atoms with Crippen LogP contribution in [0.4, 0.5) is 0 Å². The van der Waals surface area contributed by atoms with Gasteiger partial charge in [-0.1, -0.05) is 6.92 Å². The van der Waals surface area contributed by atoms with Gasteiger partial charge in [0.2, 0.25) is 0 Å². The fraction of sp³-hybridized carbons (Fsp3) is 0.833. The first-order valence-electron chi connectivity index (χ1n) is 3.02. The maximum absolute atomic E-state index is 8.08. The molecule has 0 amide bonds. The van der Waals surface area contributed by atoms with Crippen molar-refractivity contribution in [2.75, 3.05) is 0 Å². The number of oxime groups is 1. The van der Waals surface area contributed by atoms with Gasteiger partial charge >= 0.3 is 0 Å². The van der Waals surface area contributed by atoms with Crippen LogP contribution < -0.4 is 0 Å². The number of nitrogens with zero attached hydrogens (tertiary/aromatic N) is 1. The van der Waals surface area contributed by atoms with E-state index in [4.69, 9.17) is 5.21 Å². The SMILES string of the molecule is CC(C=NO)C1CC1. The van der Waals surface area contributed by atoms with Crippen LogP contribution in [0.1, 0.15) is 19.8 Å². The number of rotatable bonds is 2. The normalized spacial score (nSPS) is 24.1. The van der Waals surface area contributed by atoms with Crippen molar-refractivity contribution in [1.82, 2.24) is 0 Å². The summed E-state index contributed by atoms with van der Waals surface area (Å²) in [4.78, 5) is 0. The van der Waals surface area contributed by atoms with Crippen molar-refractivity contribution in [3.8, 4) is 0 Å². The quantitative estimate of drug-likeness (QED) is 0.328. The Bertz CT molecular complexity index is 96.7. The molecule has 0 aromatic heterocycles. The van der Waals surface area contributed by atoms with E-state index in [1.54, 1.807) is 6.21 Å². The summed E-state index contributed by atoms with van der Waals surface area (Å²) in [6, 6.07) is 0. The lowest BCUT2D eigenvalue weighted by Gasteiger charge is -1.96. The van der Waals surface area contributed by atoms with E-state index in [1.165, 1.54) is 12.8 Å². The fourth-order valence-electron chi connectivity index (χ4n) is 0.849.